The Balaban J connectivity index is 2.14. The highest BCUT2D eigenvalue weighted by Gasteiger charge is 2.12. The van der Waals surface area contributed by atoms with Gasteiger partial charge in [0.2, 0.25) is 0 Å². The first kappa shape index (κ1) is 10.8. The number of benzene rings is 1. The highest BCUT2D eigenvalue weighted by atomic mass is 16.3. The Kier molecular flexibility index (Phi) is 2.73. The average Bonchev–Trinajstić information content (AvgIpc) is 2.70. The van der Waals surface area contributed by atoms with Gasteiger partial charge in [-0.15, -0.1) is 0 Å². The van der Waals surface area contributed by atoms with E-state index in [-0.39, 0.29) is 5.41 Å². The van der Waals surface area contributed by atoms with Crippen molar-refractivity contribution >= 4 is 11.6 Å². The van der Waals surface area contributed by atoms with Crippen molar-refractivity contribution in [2.24, 2.45) is 0 Å². The Morgan fingerprint density at radius 1 is 1.00 bits per heavy atom. The SMILES string of the molecule is CC(C)(C)c1ccc(Nc2ccco2)cc1. The van der Waals surface area contributed by atoms with Gasteiger partial charge in [0.15, 0.2) is 5.88 Å². The smallest absolute Gasteiger partial charge is 0.196 e. The summed E-state index contributed by atoms with van der Waals surface area (Å²) in [5, 5.41) is 3.20. The predicted octanol–water partition coefficient (Wildman–Crippen LogP) is 4.32. The van der Waals surface area contributed by atoms with E-state index >= 15 is 0 Å². The molecule has 1 heterocycles. The molecule has 0 aliphatic heterocycles. The van der Waals surface area contributed by atoms with Crippen LogP contribution >= 0.6 is 0 Å². The molecule has 1 N–H and O–H groups in total. The highest BCUT2D eigenvalue weighted by Crippen LogP contribution is 2.24. The van der Waals surface area contributed by atoms with Crippen molar-refractivity contribution in [3.63, 3.8) is 0 Å². The summed E-state index contributed by atoms with van der Waals surface area (Å²) in [7, 11) is 0. The molecule has 0 aliphatic rings. The molecule has 0 bridgehead atoms. The van der Waals surface area contributed by atoms with Crippen LogP contribution in [0, 0.1) is 0 Å². The van der Waals surface area contributed by atoms with Crippen molar-refractivity contribution < 1.29 is 4.42 Å². The molecule has 0 saturated heterocycles. The maximum atomic E-state index is 5.22. The molecular formula is C14H17NO. The summed E-state index contributed by atoms with van der Waals surface area (Å²) in [6.45, 7) is 6.63. The zero-order valence-electron chi connectivity index (χ0n) is 9.95. The third-order valence-corrected chi connectivity index (χ3v) is 2.54. The third-order valence-electron chi connectivity index (χ3n) is 2.54. The molecule has 1 aromatic carbocycles. The Hall–Kier alpha value is -1.70. The number of hydrogen-bond acceptors (Lipinski definition) is 2. The van der Waals surface area contributed by atoms with Crippen LogP contribution in [-0.4, -0.2) is 0 Å². The monoisotopic (exact) mass is 215 g/mol. The zero-order valence-corrected chi connectivity index (χ0v) is 9.95. The maximum absolute atomic E-state index is 5.22. The van der Waals surface area contributed by atoms with Crippen LogP contribution in [-0.2, 0) is 5.41 Å². The van der Waals surface area contributed by atoms with Gasteiger partial charge in [-0.2, -0.15) is 0 Å². The fourth-order valence-electron chi connectivity index (χ4n) is 1.55. The topological polar surface area (TPSA) is 25.2 Å². The highest BCUT2D eigenvalue weighted by molar-refractivity contribution is 5.55. The molecule has 2 nitrogen and oxygen atoms in total. The van der Waals surface area contributed by atoms with E-state index in [9.17, 15) is 0 Å². The Morgan fingerprint density at radius 2 is 1.69 bits per heavy atom. The number of rotatable bonds is 2. The first-order valence-electron chi connectivity index (χ1n) is 5.47. The van der Waals surface area contributed by atoms with E-state index in [0.29, 0.717) is 0 Å². The van der Waals surface area contributed by atoms with Gasteiger partial charge >= 0.3 is 0 Å². The molecule has 0 saturated carbocycles. The van der Waals surface area contributed by atoms with Crippen LogP contribution < -0.4 is 5.32 Å². The maximum Gasteiger partial charge on any atom is 0.196 e. The second-order valence-electron chi connectivity index (χ2n) is 4.93. The van der Waals surface area contributed by atoms with Crippen molar-refractivity contribution in [2.45, 2.75) is 26.2 Å². The van der Waals surface area contributed by atoms with Gasteiger partial charge in [0, 0.05) is 11.8 Å². The molecule has 0 spiro atoms. The second-order valence-corrected chi connectivity index (χ2v) is 4.93. The standard InChI is InChI=1S/C14H17NO/c1-14(2,3)11-6-8-12(9-7-11)15-13-5-4-10-16-13/h4-10,15H,1-3H3. The first-order chi connectivity index (χ1) is 7.55. The predicted molar refractivity (Wildman–Crippen MR) is 67.1 cm³/mol. The zero-order chi connectivity index (χ0) is 11.6. The van der Waals surface area contributed by atoms with Crippen LogP contribution in [0.1, 0.15) is 26.3 Å². The second kappa shape index (κ2) is 4.05. The number of nitrogens with one attached hydrogen (secondary N) is 1. The molecule has 84 valence electrons. The van der Waals surface area contributed by atoms with Crippen LogP contribution in [0.4, 0.5) is 11.6 Å². The minimum atomic E-state index is 0.198. The first-order valence-corrected chi connectivity index (χ1v) is 5.47. The van der Waals surface area contributed by atoms with Crippen molar-refractivity contribution in [2.75, 3.05) is 5.32 Å². The van der Waals surface area contributed by atoms with Crippen LogP contribution in [0.5, 0.6) is 0 Å². The summed E-state index contributed by atoms with van der Waals surface area (Å²) >= 11 is 0. The van der Waals surface area contributed by atoms with Gasteiger partial charge in [-0.1, -0.05) is 32.9 Å². The lowest BCUT2D eigenvalue weighted by Gasteiger charge is -2.19. The average molecular weight is 215 g/mol. The summed E-state index contributed by atoms with van der Waals surface area (Å²) in [5.41, 5.74) is 2.57. The molecule has 0 unspecified atom stereocenters. The lowest BCUT2D eigenvalue weighted by molar-refractivity contribution is 0.585. The fourth-order valence-corrected chi connectivity index (χ4v) is 1.55. The van der Waals surface area contributed by atoms with E-state index < -0.39 is 0 Å². The Bertz CT molecular complexity index is 435. The van der Waals surface area contributed by atoms with E-state index in [1.54, 1.807) is 6.26 Å². The normalized spacial score (nSPS) is 11.4. The largest absolute Gasteiger partial charge is 0.449 e. The summed E-state index contributed by atoms with van der Waals surface area (Å²) in [6.07, 6.45) is 1.66. The molecule has 2 aromatic rings. The van der Waals surface area contributed by atoms with Crippen LogP contribution in [0.2, 0.25) is 0 Å². The van der Waals surface area contributed by atoms with Gasteiger partial charge in [-0.3, -0.25) is 0 Å². The molecule has 0 fully saturated rings. The van der Waals surface area contributed by atoms with E-state index in [0.717, 1.165) is 11.6 Å². The summed E-state index contributed by atoms with van der Waals surface area (Å²) < 4.78 is 5.22. The molecule has 0 atom stereocenters. The number of hydrogen-bond donors (Lipinski definition) is 1. The Labute approximate surface area is 96.3 Å². The van der Waals surface area contributed by atoms with Crippen molar-refractivity contribution in [3.05, 3.63) is 48.2 Å². The van der Waals surface area contributed by atoms with E-state index in [1.165, 1.54) is 5.56 Å². The van der Waals surface area contributed by atoms with Gasteiger partial charge in [0.05, 0.1) is 6.26 Å². The Morgan fingerprint density at radius 3 is 2.19 bits per heavy atom. The molecule has 16 heavy (non-hydrogen) atoms. The quantitative estimate of drug-likeness (QED) is 0.807. The number of furan rings is 1. The molecule has 2 heteroatoms. The van der Waals surface area contributed by atoms with Crippen molar-refractivity contribution in [1.82, 2.24) is 0 Å². The van der Waals surface area contributed by atoms with E-state index in [1.807, 2.05) is 12.1 Å². The van der Waals surface area contributed by atoms with Crippen LogP contribution in [0.25, 0.3) is 0 Å². The molecule has 2 rings (SSSR count). The minimum absolute atomic E-state index is 0.198. The molecule has 0 radical (unpaired) electrons. The fraction of sp³-hybridized carbons (Fsp3) is 0.286. The van der Waals surface area contributed by atoms with E-state index in [2.05, 4.69) is 50.4 Å². The minimum Gasteiger partial charge on any atom is -0.449 e. The summed E-state index contributed by atoms with van der Waals surface area (Å²) in [4.78, 5) is 0. The lowest BCUT2D eigenvalue weighted by Crippen LogP contribution is -2.10. The third kappa shape index (κ3) is 2.45. The molecule has 0 aliphatic carbocycles. The lowest BCUT2D eigenvalue weighted by atomic mass is 9.87. The van der Waals surface area contributed by atoms with Gasteiger partial charge in [-0.05, 0) is 29.2 Å². The van der Waals surface area contributed by atoms with Gasteiger partial charge < -0.3 is 9.73 Å². The summed E-state index contributed by atoms with van der Waals surface area (Å²) in [6, 6.07) is 12.2. The number of anilines is 2. The molecule has 1 aromatic heterocycles. The van der Waals surface area contributed by atoms with Gasteiger partial charge in [-0.25, -0.2) is 0 Å². The van der Waals surface area contributed by atoms with Crippen LogP contribution in [0.15, 0.2) is 47.1 Å². The van der Waals surface area contributed by atoms with Crippen molar-refractivity contribution in [1.29, 1.82) is 0 Å². The van der Waals surface area contributed by atoms with Crippen molar-refractivity contribution in [3.8, 4) is 0 Å². The van der Waals surface area contributed by atoms with Gasteiger partial charge in [0.25, 0.3) is 0 Å². The molecule has 0 amide bonds. The van der Waals surface area contributed by atoms with Crippen LogP contribution in [0.3, 0.4) is 0 Å². The molecular weight excluding hydrogens is 198 g/mol. The van der Waals surface area contributed by atoms with Gasteiger partial charge in [0.1, 0.15) is 0 Å². The van der Waals surface area contributed by atoms with E-state index in [4.69, 9.17) is 4.42 Å². The summed E-state index contributed by atoms with van der Waals surface area (Å²) in [5.74, 6) is 0.767.